The zero-order chi connectivity index (χ0) is 39.6. The van der Waals surface area contributed by atoms with Crippen LogP contribution in [0.25, 0.3) is 11.1 Å². The number of anilines is 1. The number of nitrogens with zero attached hydrogens (tertiary/aromatic N) is 1. The monoisotopic (exact) mass is 765 g/mol. The molecule has 1 heterocycles. The first-order chi connectivity index (χ1) is 27.8. The highest BCUT2D eigenvalue weighted by Gasteiger charge is 2.33. The molecule has 5 N–H and O–H groups in total. The van der Waals surface area contributed by atoms with Gasteiger partial charge in [0.05, 0.1) is 24.9 Å². The van der Waals surface area contributed by atoms with Crippen LogP contribution in [0.2, 0.25) is 0 Å². The SMILES string of the molecule is CN(C[C@H]1C[C@@H](c2ccc(CO)cc2)O[C@@H](c2ccc(-c3ccccc3CNC(=O)Nc3ccc(Oc4ccccc4)cc3)cc2)O1)C[C@@H](O)c1cccc(O)c1. The number of phenols is 1. The fraction of sp³-hybridized carbons (Fsp3) is 0.213. The van der Waals surface area contributed by atoms with E-state index in [9.17, 15) is 20.1 Å². The molecule has 292 valence electrons. The molecule has 1 fully saturated rings. The third kappa shape index (κ3) is 10.6. The summed E-state index contributed by atoms with van der Waals surface area (Å²) in [6, 6.07) is 46.9. The van der Waals surface area contributed by atoms with E-state index in [0.29, 0.717) is 43.1 Å². The molecule has 2 amide bonds. The van der Waals surface area contributed by atoms with Crippen molar-refractivity contribution >= 4 is 11.7 Å². The number of amides is 2. The van der Waals surface area contributed by atoms with Crippen molar-refractivity contribution in [3.8, 4) is 28.4 Å². The number of likely N-dealkylation sites (N-methyl/N-ethyl adjacent to an activating group) is 1. The zero-order valence-corrected chi connectivity index (χ0v) is 31.7. The quantitative estimate of drug-likeness (QED) is 0.0743. The molecule has 0 saturated carbocycles. The van der Waals surface area contributed by atoms with Gasteiger partial charge in [0.1, 0.15) is 17.2 Å². The van der Waals surface area contributed by atoms with Gasteiger partial charge in [-0.15, -0.1) is 0 Å². The smallest absolute Gasteiger partial charge is 0.319 e. The van der Waals surface area contributed by atoms with Crippen LogP contribution in [-0.2, 0) is 22.6 Å². The maximum atomic E-state index is 12.9. The van der Waals surface area contributed by atoms with Gasteiger partial charge in [0.15, 0.2) is 6.29 Å². The first-order valence-corrected chi connectivity index (χ1v) is 19.0. The number of hydrogen-bond acceptors (Lipinski definition) is 8. The fourth-order valence-electron chi connectivity index (χ4n) is 6.95. The maximum absolute atomic E-state index is 12.9. The van der Waals surface area contributed by atoms with Gasteiger partial charge in [-0.1, -0.05) is 103 Å². The van der Waals surface area contributed by atoms with Gasteiger partial charge in [0, 0.05) is 37.3 Å². The summed E-state index contributed by atoms with van der Waals surface area (Å²) >= 11 is 0. The number of aliphatic hydroxyl groups is 2. The Balaban J connectivity index is 0.999. The highest BCUT2D eigenvalue weighted by Crippen LogP contribution is 2.39. The molecular formula is C47H47N3O7. The molecule has 10 heteroatoms. The van der Waals surface area contributed by atoms with Crippen LogP contribution < -0.4 is 15.4 Å². The number of carbonyl (C=O) groups excluding carboxylic acids is 1. The standard InChI is InChI=1S/C47H47N3O7/c1-50(30-44(53)36-9-7-10-39(52)26-36)29-42-27-45(34-16-14-32(31-51)15-17-34)57-46(56-42)35-20-18-33(19-21-35)43-13-6-5-8-37(43)28-48-47(54)49-38-22-24-41(25-23-38)55-40-11-3-2-4-12-40/h2-26,42,44-46,51-53H,27-31H2,1H3,(H2,48,49,54)/t42-,44-,45+,46+/m1/s1. The lowest BCUT2D eigenvalue weighted by Gasteiger charge is -2.38. The van der Waals surface area contributed by atoms with Gasteiger partial charge in [0.2, 0.25) is 0 Å². The summed E-state index contributed by atoms with van der Waals surface area (Å²) in [6.45, 7) is 1.18. The van der Waals surface area contributed by atoms with Crippen molar-refractivity contribution in [1.29, 1.82) is 0 Å². The lowest BCUT2D eigenvalue weighted by atomic mass is 9.97. The van der Waals surface area contributed by atoms with E-state index in [1.165, 1.54) is 0 Å². The van der Waals surface area contributed by atoms with Crippen molar-refractivity contribution in [3.63, 3.8) is 0 Å². The van der Waals surface area contributed by atoms with E-state index < -0.39 is 12.4 Å². The topological polar surface area (TPSA) is 133 Å². The number of hydrogen-bond donors (Lipinski definition) is 5. The van der Waals surface area contributed by atoms with E-state index in [4.69, 9.17) is 14.2 Å². The summed E-state index contributed by atoms with van der Waals surface area (Å²) in [7, 11) is 1.94. The van der Waals surface area contributed by atoms with Gasteiger partial charge in [-0.25, -0.2) is 4.79 Å². The first kappa shape index (κ1) is 39.2. The molecule has 1 aliphatic heterocycles. The Morgan fingerprint density at radius 1 is 0.807 bits per heavy atom. The Hall–Kier alpha value is -6.01. The summed E-state index contributed by atoms with van der Waals surface area (Å²) in [5.41, 5.74) is 6.89. The highest BCUT2D eigenvalue weighted by atomic mass is 16.7. The predicted molar refractivity (Wildman–Crippen MR) is 220 cm³/mol. The van der Waals surface area contributed by atoms with Crippen LogP contribution >= 0.6 is 0 Å². The summed E-state index contributed by atoms with van der Waals surface area (Å²) < 4.78 is 19.0. The Morgan fingerprint density at radius 2 is 1.51 bits per heavy atom. The Bertz CT molecular complexity index is 2200. The second-order valence-corrected chi connectivity index (χ2v) is 14.2. The van der Waals surface area contributed by atoms with Crippen LogP contribution in [0.4, 0.5) is 10.5 Å². The van der Waals surface area contributed by atoms with Crippen LogP contribution in [0.15, 0.2) is 152 Å². The van der Waals surface area contributed by atoms with Gasteiger partial charge in [0.25, 0.3) is 0 Å². The lowest BCUT2D eigenvalue weighted by molar-refractivity contribution is -0.252. The molecule has 0 spiro atoms. The number of benzene rings is 6. The van der Waals surface area contributed by atoms with Gasteiger partial charge in [-0.2, -0.15) is 0 Å². The molecule has 1 saturated heterocycles. The van der Waals surface area contributed by atoms with E-state index in [2.05, 4.69) is 10.6 Å². The molecule has 0 bridgehead atoms. The summed E-state index contributed by atoms with van der Waals surface area (Å²) in [4.78, 5) is 14.9. The van der Waals surface area contributed by atoms with Gasteiger partial charge >= 0.3 is 6.03 Å². The van der Waals surface area contributed by atoms with Crippen molar-refractivity contribution in [1.82, 2.24) is 10.2 Å². The predicted octanol–water partition coefficient (Wildman–Crippen LogP) is 8.88. The molecule has 0 aliphatic carbocycles. The number of nitrogens with one attached hydrogen (secondary N) is 2. The molecule has 0 aromatic heterocycles. The Labute approximate surface area is 332 Å². The van der Waals surface area contributed by atoms with Crippen LogP contribution in [0, 0.1) is 0 Å². The third-order valence-corrected chi connectivity index (χ3v) is 9.91. The second-order valence-electron chi connectivity index (χ2n) is 14.2. The summed E-state index contributed by atoms with van der Waals surface area (Å²) in [5, 5.41) is 36.3. The second kappa shape index (κ2) is 18.8. The highest BCUT2D eigenvalue weighted by molar-refractivity contribution is 5.89. The van der Waals surface area contributed by atoms with E-state index in [0.717, 1.165) is 39.1 Å². The van der Waals surface area contributed by atoms with Crippen LogP contribution in [0.5, 0.6) is 17.2 Å². The molecule has 0 unspecified atom stereocenters. The number of para-hydroxylation sites is 1. The van der Waals surface area contributed by atoms with Crippen LogP contribution in [0.1, 0.15) is 52.7 Å². The largest absolute Gasteiger partial charge is 0.508 e. The lowest BCUT2D eigenvalue weighted by Crippen LogP contribution is -2.39. The van der Waals surface area contributed by atoms with Crippen molar-refractivity contribution < 1.29 is 34.3 Å². The van der Waals surface area contributed by atoms with Crippen molar-refractivity contribution in [3.05, 3.63) is 179 Å². The normalized spacial score (nSPS) is 17.2. The maximum Gasteiger partial charge on any atom is 0.319 e. The third-order valence-electron chi connectivity index (χ3n) is 9.91. The zero-order valence-electron chi connectivity index (χ0n) is 31.7. The summed E-state index contributed by atoms with van der Waals surface area (Å²) in [5.74, 6) is 1.53. The van der Waals surface area contributed by atoms with E-state index in [1.807, 2.05) is 127 Å². The van der Waals surface area contributed by atoms with Crippen LogP contribution in [-0.4, -0.2) is 52.5 Å². The first-order valence-electron chi connectivity index (χ1n) is 19.0. The molecule has 1 aliphatic rings. The summed E-state index contributed by atoms with van der Waals surface area (Å²) in [6.07, 6.45) is -1.31. The number of ether oxygens (including phenoxy) is 3. The van der Waals surface area contributed by atoms with E-state index >= 15 is 0 Å². The van der Waals surface area contributed by atoms with E-state index in [-0.39, 0.29) is 30.6 Å². The molecule has 4 atom stereocenters. The number of aromatic hydroxyl groups is 1. The molecular weight excluding hydrogens is 719 g/mol. The number of aliphatic hydroxyl groups excluding tert-OH is 2. The van der Waals surface area contributed by atoms with Gasteiger partial charge in [-0.3, -0.25) is 0 Å². The molecule has 0 radical (unpaired) electrons. The molecule has 6 aromatic carbocycles. The number of phenolic OH excluding ortho intramolecular Hbond substituents is 1. The van der Waals surface area contributed by atoms with Crippen LogP contribution in [0.3, 0.4) is 0 Å². The molecule has 57 heavy (non-hydrogen) atoms. The average molecular weight is 766 g/mol. The van der Waals surface area contributed by atoms with E-state index in [1.54, 1.807) is 36.4 Å². The Morgan fingerprint density at radius 3 is 2.25 bits per heavy atom. The van der Waals surface area contributed by atoms with Gasteiger partial charge in [-0.05, 0) is 89.0 Å². The fourth-order valence-corrected chi connectivity index (χ4v) is 6.95. The minimum absolute atomic E-state index is 0.0360. The number of urea groups is 1. The minimum Gasteiger partial charge on any atom is -0.508 e. The van der Waals surface area contributed by atoms with Crippen molar-refractivity contribution in [2.75, 3.05) is 25.5 Å². The molecule has 10 nitrogen and oxygen atoms in total. The van der Waals surface area contributed by atoms with Crippen molar-refractivity contribution in [2.45, 2.75) is 44.2 Å². The molecule has 6 aromatic rings. The van der Waals surface area contributed by atoms with Crippen molar-refractivity contribution in [2.24, 2.45) is 0 Å². The Kier molecular flexibility index (Phi) is 12.9. The average Bonchev–Trinajstić information content (AvgIpc) is 3.24. The minimum atomic E-state index is -0.780. The number of carbonyl (C=O) groups is 1. The number of rotatable bonds is 14. The molecule has 7 rings (SSSR count). The van der Waals surface area contributed by atoms with Gasteiger partial charge < -0.3 is 45.1 Å².